The van der Waals surface area contributed by atoms with Crippen LogP contribution < -0.4 is 14.4 Å². The molecular weight excluding hydrogens is 490 g/mol. The largest absolute Gasteiger partial charge is 0.497 e. The van der Waals surface area contributed by atoms with Gasteiger partial charge in [0.25, 0.3) is 0 Å². The van der Waals surface area contributed by atoms with E-state index in [4.69, 9.17) is 4.74 Å². The first-order valence-electron chi connectivity index (χ1n) is 12.8. The van der Waals surface area contributed by atoms with E-state index in [0.717, 1.165) is 17.5 Å². The lowest BCUT2D eigenvalue weighted by Crippen LogP contribution is -2.50. The number of rotatable bonds is 14. The van der Waals surface area contributed by atoms with Crippen LogP contribution in [0, 0.1) is 6.92 Å². The molecule has 0 saturated heterocycles. The van der Waals surface area contributed by atoms with Crippen molar-refractivity contribution in [1.82, 2.24) is 10.2 Å². The molecule has 0 saturated carbocycles. The molecule has 37 heavy (non-hydrogen) atoms. The van der Waals surface area contributed by atoms with Gasteiger partial charge in [-0.15, -0.1) is 0 Å². The number of carbonyl (C=O) groups is 2. The first-order valence-corrected chi connectivity index (χ1v) is 14.6. The molecule has 0 fully saturated rings. The minimum atomic E-state index is -3.53. The molecular formula is C28H41N3O5S. The summed E-state index contributed by atoms with van der Waals surface area (Å²) >= 11 is 0. The second-order valence-electron chi connectivity index (χ2n) is 9.39. The van der Waals surface area contributed by atoms with Gasteiger partial charge in [-0.2, -0.15) is 0 Å². The van der Waals surface area contributed by atoms with E-state index in [2.05, 4.69) is 5.32 Å². The maximum atomic E-state index is 13.5. The molecule has 8 nitrogen and oxygen atoms in total. The van der Waals surface area contributed by atoms with Crippen LogP contribution in [0.2, 0.25) is 0 Å². The molecule has 1 N–H and O–H groups in total. The second kappa shape index (κ2) is 14.0. The third kappa shape index (κ3) is 9.07. The molecule has 0 radical (unpaired) electrons. The van der Waals surface area contributed by atoms with Crippen LogP contribution in [0.1, 0.15) is 57.6 Å². The number of hydrogen-bond acceptors (Lipinski definition) is 5. The molecule has 0 aliphatic carbocycles. The summed E-state index contributed by atoms with van der Waals surface area (Å²) in [6.07, 6.45) is 2.85. The Kier molecular flexibility index (Phi) is 11.4. The zero-order valence-electron chi connectivity index (χ0n) is 22.9. The van der Waals surface area contributed by atoms with Crippen LogP contribution in [0.3, 0.4) is 0 Å². The van der Waals surface area contributed by atoms with Gasteiger partial charge in [-0.3, -0.25) is 13.9 Å². The lowest BCUT2D eigenvalue weighted by molar-refractivity contribution is -0.141. The summed E-state index contributed by atoms with van der Waals surface area (Å²) in [5.41, 5.74) is 2.40. The molecule has 0 heterocycles. The highest BCUT2D eigenvalue weighted by Gasteiger charge is 2.29. The smallest absolute Gasteiger partial charge is 0.243 e. The summed E-state index contributed by atoms with van der Waals surface area (Å²) in [5.74, 6) is 0.330. The Morgan fingerprint density at radius 1 is 1.05 bits per heavy atom. The second-order valence-corrected chi connectivity index (χ2v) is 11.3. The number of anilines is 1. The lowest BCUT2D eigenvalue weighted by Gasteiger charge is -2.32. The van der Waals surface area contributed by atoms with Crippen molar-refractivity contribution in [2.24, 2.45) is 0 Å². The Morgan fingerprint density at radius 2 is 1.73 bits per heavy atom. The number of hydrogen-bond donors (Lipinski definition) is 1. The molecule has 204 valence electrons. The zero-order valence-corrected chi connectivity index (χ0v) is 23.7. The van der Waals surface area contributed by atoms with E-state index in [9.17, 15) is 18.0 Å². The van der Waals surface area contributed by atoms with Gasteiger partial charge in [0.1, 0.15) is 11.8 Å². The van der Waals surface area contributed by atoms with Crippen LogP contribution >= 0.6 is 0 Å². The minimum absolute atomic E-state index is 0.00265. The van der Waals surface area contributed by atoms with Gasteiger partial charge >= 0.3 is 0 Å². The summed E-state index contributed by atoms with van der Waals surface area (Å²) < 4.78 is 31.5. The quantitative estimate of drug-likeness (QED) is 0.393. The summed E-state index contributed by atoms with van der Waals surface area (Å²) in [7, 11) is -1.94. The van der Waals surface area contributed by atoms with Crippen LogP contribution in [0.25, 0.3) is 0 Å². The van der Waals surface area contributed by atoms with Crippen molar-refractivity contribution in [3.8, 4) is 5.75 Å². The van der Waals surface area contributed by atoms with Crippen molar-refractivity contribution in [3.63, 3.8) is 0 Å². The predicted octanol–water partition coefficient (Wildman–Crippen LogP) is 4.27. The Morgan fingerprint density at radius 3 is 2.27 bits per heavy atom. The number of ether oxygens (including phenoxy) is 1. The molecule has 2 aromatic carbocycles. The maximum Gasteiger partial charge on any atom is 0.243 e. The fourth-order valence-electron chi connectivity index (χ4n) is 4.08. The number of benzene rings is 2. The topological polar surface area (TPSA) is 96.0 Å². The highest BCUT2D eigenvalue weighted by Crippen LogP contribution is 2.21. The number of carbonyl (C=O) groups excluding carboxylic acids is 2. The first-order chi connectivity index (χ1) is 17.5. The molecule has 2 aromatic rings. The number of nitrogens with one attached hydrogen (secondary N) is 1. The van der Waals surface area contributed by atoms with E-state index in [0.29, 0.717) is 24.3 Å². The molecule has 9 heteroatoms. The van der Waals surface area contributed by atoms with Gasteiger partial charge < -0.3 is 15.0 Å². The third-order valence-corrected chi connectivity index (χ3v) is 7.53. The minimum Gasteiger partial charge on any atom is -0.497 e. The molecule has 0 aliphatic heterocycles. The van der Waals surface area contributed by atoms with Crippen LogP contribution in [0.15, 0.2) is 48.5 Å². The monoisotopic (exact) mass is 531 g/mol. The van der Waals surface area contributed by atoms with Gasteiger partial charge in [0, 0.05) is 25.6 Å². The van der Waals surface area contributed by atoms with Gasteiger partial charge in [-0.05, 0) is 68.5 Å². The number of nitrogens with zero attached hydrogens (tertiary/aromatic N) is 2. The first kappa shape index (κ1) is 30.2. The van der Waals surface area contributed by atoms with E-state index < -0.39 is 16.1 Å². The lowest BCUT2D eigenvalue weighted by atomic mass is 10.1. The van der Waals surface area contributed by atoms with E-state index in [1.807, 2.05) is 70.2 Å². The summed E-state index contributed by atoms with van der Waals surface area (Å²) in [6, 6.07) is 14.0. The molecule has 0 spiro atoms. The van der Waals surface area contributed by atoms with Crippen LogP contribution in [0.4, 0.5) is 5.69 Å². The normalized spacial score (nSPS) is 12.9. The standard InChI is InChI=1S/C28H41N3O5S/c1-7-22(4)29-28(33)26(8-2)30(20-23-14-16-25(36-5)17-15-23)27(32)13-10-18-31(37(6,34)35)24-12-9-11-21(3)19-24/h9,11-12,14-17,19,22,26H,7-8,10,13,18,20H2,1-6H3,(H,29,33)/t22-,26-/m0/s1. The number of methoxy groups -OCH3 is 1. The van der Waals surface area contributed by atoms with Gasteiger partial charge in [-0.1, -0.05) is 38.1 Å². The Bertz CT molecular complexity index is 1130. The van der Waals surface area contributed by atoms with Crippen molar-refractivity contribution in [2.75, 3.05) is 24.2 Å². The average Bonchev–Trinajstić information content (AvgIpc) is 2.85. The molecule has 2 rings (SSSR count). The van der Waals surface area contributed by atoms with Crippen LogP contribution in [0.5, 0.6) is 5.75 Å². The highest BCUT2D eigenvalue weighted by molar-refractivity contribution is 7.92. The average molecular weight is 532 g/mol. The Hall–Kier alpha value is -3.07. The summed E-state index contributed by atoms with van der Waals surface area (Å²) in [5, 5.41) is 3.00. The van der Waals surface area contributed by atoms with E-state index >= 15 is 0 Å². The SMILES string of the molecule is CC[C@H](C)NC(=O)[C@H](CC)N(Cc1ccc(OC)cc1)C(=O)CCCN(c1cccc(C)c1)S(C)(=O)=O. The third-order valence-electron chi connectivity index (χ3n) is 6.34. The zero-order chi connectivity index (χ0) is 27.6. The summed E-state index contributed by atoms with van der Waals surface area (Å²) in [6.45, 7) is 8.15. The van der Waals surface area contributed by atoms with Crippen molar-refractivity contribution in [1.29, 1.82) is 0 Å². The molecule has 0 bridgehead atoms. The van der Waals surface area contributed by atoms with Gasteiger partial charge in [0.15, 0.2) is 0 Å². The van der Waals surface area contributed by atoms with Crippen molar-refractivity contribution >= 4 is 27.5 Å². The van der Waals surface area contributed by atoms with Gasteiger partial charge in [0.05, 0.1) is 19.1 Å². The van der Waals surface area contributed by atoms with Crippen LogP contribution in [-0.4, -0.2) is 57.1 Å². The molecule has 0 aliphatic rings. The van der Waals surface area contributed by atoms with Crippen molar-refractivity contribution in [3.05, 3.63) is 59.7 Å². The summed E-state index contributed by atoms with van der Waals surface area (Å²) in [4.78, 5) is 28.2. The number of amides is 2. The molecule has 2 atom stereocenters. The van der Waals surface area contributed by atoms with Crippen molar-refractivity contribution < 1.29 is 22.7 Å². The van der Waals surface area contributed by atoms with Gasteiger partial charge in [0.2, 0.25) is 21.8 Å². The fourth-order valence-corrected chi connectivity index (χ4v) is 5.03. The number of sulfonamides is 1. The fraction of sp³-hybridized carbons (Fsp3) is 0.500. The van der Waals surface area contributed by atoms with Gasteiger partial charge in [-0.25, -0.2) is 8.42 Å². The molecule has 0 aromatic heterocycles. The maximum absolute atomic E-state index is 13.5. The molecule has 0 unspecified atom stereocenters. The Balaban J connectivity index is 2.23. The van der Waals surface area contributed by atoms with E-state index in [-0.39, 0.29) is 37.4 Å². The van der Waals surface area contributed by atoms with Crippen LogP contribution in [-0.2, 0) is 26.2 Å². The van der Waals surface area contributed by atoms with E-state index in [1.54, 1.807) is 18.1 Å². The van der Waals surface area contributed by atoms with E-state index in [1.165, 1.54) is 10.6 Å². The number of aryl methyl sites for hydroxylation is 1. The highest BCUT2D eigenvalue weighted by atomic mass is 32.2. The van der Waals surface area contributed by atoms with Crippen molar-refractivity contribution in [2.45, 2.75) is 72.0 Å². The Labute approximate surface area is 222 Å². The predicted molar refractivity (Wildman–Crippen MR) is 148 cm³/mol. The molecule has 2 amide bonds.